The van der Waals surface area contributed by atoms with E-state index in [2.05, 4.69) is 20.8 Å². The molecule has 5 aromatic rings. The van der Waals surface area contributed by atoms with Gasteiger partial charge in [-0.15, -0.1) is 5.10 Å². The third-order valence-electron chi connectivity index (χ3n) is 7.40. The van der Waals surface area contributed by atoms with Crippen LogP contribution in [0.1, 0.15) is 50.4 Å². The molecule has 1 N–H and O–H groups in total. The molecule has 4 aromatic carbocycles. The number of rotatable bonds is 6. The molecule has 198 valence electrons. The number of tetrazole rings is 1. The van der Waals surface area contributed by atoms with Crippen LogP contribution in [0.2, 0.25) is 0 Å². The van der Waals surface area contributed by atoms with Crippen molar-refractivity contribution < 1.29 is 23.0 Å². The van der Waals surface area contributed by atoms with Gasteiger partial charge >= 0.3 is 0 Å². The van der Waals surface area contributed by atoms with E-state index in [1.165, 1.54) is 23.1 Å². The maximum atomic E-state index is 14.5. The van der Waals surface area contributed by atoms with Gasteiger partial charge < -0.3 is 14.8 Å². The molecule has 0 aliphatic carbocycles. The Hall–Kier alpha value is -4.96. The Kier molecular flexibility index (Phi) is 5.64. The highest BCUT2D eigenvalue weighted by Crippen LogP contribution is 2.54. The van der Waals surface area contributed by atoms with E-state index in [4.69, 9.17) is 9.47 Å². The summed E-state index contributed by atoms with van der Waals surface area (Å²) in [6.45, 7) is 0.223. The minimum Gasteiger partial charge on any atom is -0.497 e. The Balaban J connectivity index is 1.15. The van der Waals surface area contributed by atoms with Gasteiger partial charge in [0.15, 0.2) is 0 Å². The first-order valence-electron chi connectivity index (χ1n) is 12.6. The van der Waals surface area contributed by atoms with Crippen LogP contribution >= 0.6 is 0 Å². The molecule has 0 fully saturated rings. The Morgan fingerprint density at radius 1 is 0.950 bits per heavy atom. The third kappa shape index (κ3) is 3.92. The maximum Gasteiger partial charge on any atom is 0.251 e. The molecular weight excluding hydrogens is 516 g/mol. The number of carbonyl (C=O) groups is 1. The molecule has 0 radical (unpaired) electrons. The first kappa shape index (κ1) is 24.1. The average molecular weight is 538 g/mol. The second kappa shape index (κ2) is 9.35. The summed E-state index contributed by atoms with van der Waals surface area (Å²) in [5, 5.41) is 14.3. The van der Waals surface area contributed by atoms with Crippen LogP contribution in [0.3, 0.4) is 0 Å². The van der Waals surface area contributed by atoms with E-state index >= 15 is 0 Å². The van der Waals surface area contributed by atoms with Gasteiger partial charge in [-0.2, -0.15) is 0 Å². The van der Waals surface area contributed by atoms with E-state index in [0.29, 0.717) is 22.4 Å². The molecule has 1 aromatic heterocycles. The number of ether oxygens (including phenoxy) is 2. The molecule has 2 unspecified atom stereocenters. The number of carbonyl (C=O) groups excluding carboxylic acids is 1. The third-order valence-corrected chi connectivity index (χ3v) is 7.40. The van der Waals surface area contributed by atoms with Gasteiger partial charge in [-0.3, -0.25) is 4.79 Å². The maximum absolute atomic E-state index is 14.5. The summed E-state index contributed by atoms with van der Waals surface area (Å²) < 4.78 is 41.1. The number of nitrogens with zero attached hydrogens (tertiary/aromatic N) is 4. The fraction of sp³-hybridized carbons (Fsp3) is 0.133. The fourth-order valence-electron chi connectivity index (χ4n) is 5.48. The number of methoxy groups -OCH3 is 1. The molecule has 0 spiro atoms. The van der Waals surface area contributed by atoms with E-state index in [1.54, 1.807) is 19.2 Å². The number of hydrogen-bond donors (Lipinski definition) is 1. The van der Waals surface area contributed by atoms with Crippen molar-refractivity contribution in [3.8, 4) is 22.6 Å². The van der Waals surface area contributed by atoms with Gasteiger partial charge in [0, 0.05) is 29.3 Å². The summed E-state index contributed by atoms with van der Waals surface area (Å²) in [5.41, 5.74) is 6.77. The van der Waals surface area contributed by atoms with Crippen LogP contribution < -0.4 is 10.1 Å². The quantitative estimate of drug-likeness (QED) is 0.325. The highest BCUT2D eigenvalue weighted by molar-refractivity contribution is 5.94. The van der Waals surface area contributed by atoms with Crippen molar-refractivity contribution in [1.82, 2.24) is 25.5 Å². The molecule has 2 atom stereocenters. The number of benzene rings is 4. The van der Waals surface area contributed by atoms with Crippen LogP contribution in [-0.2, 0) is 11.3 Å². The van der Waals surface area contributed by atoms with Gasteiger partial charge in [0.05, 0.1) is 12.8 Å². The molecule has 2 bridgehead atoms. The lowest BCUT2D eigenvalue weighted by Gasteiger charge is -2.18. The van der Waals surface area contributed by atoms with Crippen molar-refractivity contribution >= 4 is 5.91 Å². The van der Waals surface area contributed by atoms with Crippen molar-refractivity contribution in [2.45, 2.75) is 18.8 Å². The van der Waals surface area contributed by atoms with Gasteiger partial charge in [0.25, 0.3) is 5.91 Å². The van der Waals surface area contributed by atoms with Crippen LogP contribution in [0, 0.1) is 11.6 Å². The van der Waals surface area contributed by atoms with Crippen LogP contribution in [0.5, 0.6) is 5.75 Å². The number of fused-ring (bicyclic) bond motifs is 8. The number of nitrogens with one attached hydrogen (secondary N) is 1. The van der Waals surface area contributed by atoms with E-state index in [1.807, 2.05) is 42.5 Å². The second-order valence-electron chi connectivity index (χ2n) is 9.64. The number of amides is 1. The first-order chi connectivity index (χ1) is 19.5. The predicted octanol–water partition coefficient (Wildman–Crippen LogP) is 5.07. The van der Waals surface area contributed by atoms with Crippen molar-refractivity contribution in [1.29, 1.82) is 0 Å². The molecule has 0 saturated heterocycles. The van der Waals surface area contributed by atoms with Crippen molar-refractivity contribution in [2.24, 2.45) is 0 Å². The topological polar surface area (TPSA) is 91.2 Å². The Bertz CT molecular complexity index is 1790. The normalized spacial score (nSPS) is 16.5. The van der Waals surface area contributed by atoms with Crippen LogP contribution in [0.15, 0.2) is 79.1 Å². The van der Waals surface area contributed by atoms with Gasteiger partial charge in [-0.05, 0) is 86.8 Å². The van der Waals surface area contributed by atoms with E-state index < -0.39 is 11.6 Å². The monoisotopic (exact) mass is 537 g/mol. The molecule has 0 saturated carbocycles. The Morgan fingerprint density at radius 3 is 2.52 bits per heavy atom. The van der Waals surface area contributed by atoms with Crippen LogP contribution in [0.25, 0.3) is 16.8 Å². The SMILES string of the molecule is COc1ccc(-n2cnnn2)c(CNC(=O)c2ccc3c(c2)C2OC3c3ccc(-c4ccc(F)cc4F)cc32)c1. The molecule has 7 rings (SSSR count). The molecule has 40 heavy (non-hydrogen) atoms. The highest BCUT2D eigenvalue weighted by Gasteiger charge is 2.43. The molecular formula is C30H21F2N5O3. The minimum absolute atomic E-state index is 0.223. The average Bonchev–Trinajstić information content (AvgIpc) is 3.72. The summed E-state index contributed by atoms with van der Waals surface area (Å²) >= 11 is 0. The van der Waals surface area contributed by atoms with Crippen molar-refractivity contribution in [3.63, 3.8) is 0 Å². The van der Waals surface area contributed by atoms with E-state index in [0.717, 1.165) is 39.6 Å². The lowest BCUT2D eigenvalue weighted by Crippen LogP contribution is -2.24. The van der Waals surface area contributed by atoms with Gasteiger partial charge in [0.2, 0.25) is 0 Å². The van der Waals surface area contributed by atoms with Gasteiger partial charge in [-0.25, -0.2) is 13.5 Å². The summed E-state index contributed by atoms with van der Waals surface area (Å²) in [6, 6.07) is 20.2. The Morgan fingerprint density at radius 2 is 1.75 bits per heavy atom. The van der Waals surface area contributed by atoms with Crippen LogP contribution in [-0.4, -0.2) is 33.2 Å². The Labute approximate surface area is 227 Å². The van der Waals surface area contributed by atoms with Crippen molar-refractivity contribution in [3.05, 3.63) is 124 Å². The lowest BCUT2D eigenvalue weighted by atomic mass is 9.83. The molecule has 10 heteroatoms. The standard InChI is InChI=1S/C30H21F2N5O3/c1-39-20-5-9-27(37-15-34-35-36-37)18(10-20)14-33-30(38)17-3-7-23-25(12-17)29-24-11-16(2-6-22(24)28(23)40-29)21-8-4-19(31)13-26(21)32/h2-13,15,28-29H,14H2,1H3,(H,33,38). The van der Waals surface area contributed by atoms with Gasteiger partial charge in [0.1, 0.15) is 35.9 Å². The number of hydrogen-bond acceptors (Lipinski definition) is 6. The van der Waals surface area contributed by atoms with Crippen LogP contribution in [0.4, 0.5) is 8.78 Å². The second-order valence-corrected chi connectivity index (χ2v) is 9.64. The minimum atomic E-state index is -0.623. The zero-order chi connectivity index (χ0) is 27.4. The number of aromatic nitrogens is 4. The summed E-state index contributed by atoms with van der Waals surface area (Å²) in [7, 11) is 1.58. The fourth-order valence-corrected chi connectivity index (χ4v) is 5.48. The van der Waals surface area contributed by atoms with E-state index in [-0.39, 0.29) is 24.7 Å². The number of halogens is 2. The van der Waals surface area contributed by atoms with Gasteiger partial charge in [-0.1, -0.05) is 18.2 Å². The smallest absolute Gasteiger partial charge is 0.251 e. The largest absolute Gasteiger partial charge is 0.497 e. The molecule has 2 aliphatic heterocycles. The van der Waals surface area contributed by atoms with E-state index in [9.17, 15) is 13.6 Å². The predicted molar refractivity (Wildman–Crippen MR) is 140 cm³/mol. The molecule has 8 nitrogen and oxygen atoms in total. The molecule has 1 amide bonds. The molecule has 3 heterocycles. The summed E-state index contributed by atoms with van der Waals surface area (Å²) in [5.74, 6) is -0.853. The summed E-state index contributed by atoms with van der Waals surface area (Å²) in [6.07, 6.45) is 0.849. The summed E-state index contributed by atoms with van der Waals surface area (Å²) in [4.78, 5) is 13.2. The highest BCUT2D eigenvalue weighted by atomic mass is 19.1. The zero-order valence-corrected chi connectivity index (χ0v) is 21.1. The molecule has 2 aliphatic rings. The lowest BCUT2D eigenvalue weighted by molar-refractivity contribution is 0.0857. The first-order valence-corrected chi connectivity index (χ1v) is 12.6. The zero-order valence-electron chi connectivity index (χ0n) is 21.1. The van der Waals surface area contributed by atoms with Crippen molar-refractivity contribution in [2.75, 3.05) is 7.11 Å².